The SMILES string of the molecule is COc1cc(CN2CC=C(c3ccccc3)CC2)ccc1OCc1ccccc1. The molecule has 0 fully saturated rings. The average molecular weight is 386 g/mol. The molecule has 3 aromatic carbocycles. The Hall–Kier alpha value is -3.04. The molecule has 29 heavy (non-hydrogen) atoms. The zero-order chi connectivity index (χ0) is 19.9. The Balaban J connectivity index is 1.37. The lowest BCUT2D eigenvalue weighted by atomic mass is 9.99. The highest BCUT2D eigenvalue weighted by Crippen LogP contribution is 2.30. The molecule has 0 atom stereocenters. The predicted molar refractivity (Wildman–Crippen MR) is 118 cm³/mol. The molecule has 0 aromatic heterocycles. The van der Waals surface area contributed by atoms with Gasteiger partial charge in [0.1, 0.15) is 6.61 Å². The summed E-state index contributed by atoms with van der Waals surface area (Å²) < 4.78 is 11.6. The van der Waals surface area contributed by atoms with Crippen molar-refractivity contribution in [3.05, 3.63) is 102 Å². The molecule has 1 aliphatic heterocycles. The Labute approximate surface area is 173 Å². The summed E-state index contributed by atoms with van der Waals surface area (Å²) >= 11 is 0. The lowest BCUT2D eigenvalue weighted by Gasteiger charge is -2.26. The van der Waals surface area contributed by atoms with Gasteiger partial charge in [-0.2, -0.15) is 0 Å². The molecule has 3 nitrogen and oxygen atoms in total. The number of ether oxygens (including phenoxy) is 2. The van der Waals surface area contributed by atoms with Crippen LogP contribution in [0, 0.1) is 0 Å². The molecule has 0 aliphatic carbocycles. The second-order valence-electron chi connectivity index (χ2n) is 7.34. The maximum atomic E-state index is 5.97. The second kappa shape index (κ2) is 9.44. The minimum Gasteiger partial charge on any atom is -0.493 e. The van der Waals surface area contributed by atoms with Gasteiger partial charge in [0.15, 0.2) is 11.5 Å². The first-order chi connectivity index (χ1) is 14.3. The van der Waals surface area contributed by atoms with Crippen LogP contribution >= 0.6 is 0 Å². The molecule has 0 saturated carbocycles. The summed E-state index contributed by atoms with van der Waals surface area (Å²) in [5.41, 5.74) is 5.18. The maximum absolute atomic E-state index is 5.97. The molecule has 1 aliphatic rings. The van der Waals surface area contributed by atoms with Crippen LogP contribution in [0.5, 0.6) is 11.5 Å². The van der Waals surface area contributed by atoms with E-state index in [1.54, 1.807) is 7.11 Å². The molecule has 3 heteroatoms. The number of hydrogen-bond acceptors (Lipinski definition) is 3. The maximum Gasteiger partial charge on any atom is 0.161 e. The molecule has 0 spiro atoms. The minimum atomic E-state index is 0.537. The fourth-order valence-electron chi connectivity index (χ4n) is 3.69. The third-order valence-corrected chi connectivity index (χ3v) is 5.31. The van der Waals surface area contributed by atoms with Crippen molar-refractivity contribution in [2.24, 2.45) is 0 Å². The van der Waals surface area contributed by atoms with Gasteiger partial charge < -0.3 is 9.47 Å². The Kier molecular flexibility index (Phi) is 6.28. The number of nitrogens with zero attached hydrogens (tertiary/aromatic N) is 1. The molecule has 1 heterocycles. The third-order valence-electron chi connectivity index (χ3n) is 5.31. The zero-order valence-electron chi connectivity index (χ0n) is 16.9. The zero-order valence-corrected chi connectivity index (χ0v) is 16.9. The number of rotatable bonds is 7. The Morgan fingerprint density at radius 3 is 2.28 bits per heavy atom. The summed E-state index contributed by atoms with van der Waals surface area (Å²) in [6, 6.07) is 27.1. The number of hydrogen-bond donors (Lipinski definition) is 0. The van der Waals surface area contributed by atoms with Crippen LogP contribution in [0.15, 0.2) is 84.9 Å². The van der Waals surface area contributed by atoms with Crippen LogP contribution in [0.3, 0.4) is 0 Å². The van der Waals surface area contributed by atoms with Crippen molar-refractivity contribution < 1.29 is 9.47 Å². The topological polar surface area (TPSA) is 21.7 Å². The molecule has 0 radical (unpaired) electrons. The monoisotopic (exact) mass is 385 g/mol. The van der Waals surface area contributed by atoms with E-state index in [0.717, 1.165) is 43.1 Å². The quantitative estimate of drug-likeness (QED) is 0.531. The van der Waals surface area contributed by atoms with Gasteiger partial charge in [-0.1, -0.05) is 72.8 Å². The summed E-state index contributed by atoms with van der Waals surface area (Å²) in [5.74, 6) is 1.57. The smallest absolute Gasteiger partial charge is 0.161 e. The minimum absolute atomic E-state index is 0.537. The summed E-state index contributed by atoms with van der Waals surface area (Å²) in [4.78, 5) is 2.46. The molecule has 148 valence electrons. The third kappa shape index (κ3) is 5.07. The largest absolute Gasteiger partial charge is 0.493 e. The van der Waals surface area contributed by atoms with Gasteiger partial charge in [0, 0.05) is 19.6 Å². The van der Waals surface area contributed by atoms with E-state index in [-0.39, 0.29) is 0 Å². The van der Waals surface area contributed by atoms with E-state index in [9.17, 15) is 0 Å². The summed E-state index contributed by atoms with van der Waals surface area (Å²) in [7, 11) is 1.70. The van der Waals surface area contributed by atoms with E-state index in [1.165, 1.54) is 16.7 Å². The van der Waals surface area contributed by atoms with Gasteiger partial charge in [-0.05, 0) is 40.8 Å². The molecule has 3 aromatic rings. The number of benzene rings is 3. The van der Waals surface area contributed by atoms with Crippen molar-refractivity contribution in [2.75, 3.05) is 20.2 Å². The summed E-state index contributed by atoms with van der Waals surface area (Å²) in [5, 5.41) is 0. The first kappa shape index (κ1) is 19.3. The van der Waals surface area contributed by atoms with Crippen molar-refractivity contribution in [3.63, 3.8) is 0 Å². The Morgan fingerprint density at radius 2 is 1.59 bits per heavy atom. The highest BCUT2D eigenvalue weighted by atomic mass is 16.5. The van der Waals surface area contributed by atoms with Crippen molar-refractivity contribution in [2.45, 2.75) is 19.6 Å². The van der Waals surface area contributed by atoms with Crippen molar-refractivity contribution in [3.8, 4) is 11.5 Å². The Morgan fingerprint density at radius 1 is 0.828 bits per heavy atom. The lowest BCUT2D eigenvalue weighted by molar-refractivity contribution is 0.280. The number of methoxy groups -OCH3 is 1. The fourth-order valence-corrected chi connectivity index (χ4v) is 3.69. The highest BCUT2D eigenvalue weighted by Gasteiger charge is 2.14. The van der Waals surface area contributed by atoms with Crippen molar-refractivity contribution in [1.29, 1.82) is 0 Å². The predicted octanol–water partition coefficient (Wildman–Crippen LogP) is 5.56. The second-order valence-corrected chi connectivity index (χ2v) is 7.34. The first-order valence-electron chi connectivity index (χ1n) is 10.1. The van der Waals surface area contributed by atoms with Crippen LogP contribution in [0.2, 0.25) is 0 Å². The molecular formula is C26H27NO2. The van der Waals surface area contributed by atoms with E-state index in [2.05, 4.69) is 65.6 Å². The van der Waals surface area contributed by atoms with Crippen LogP contribution in [0.25, 0.3) is 5.57 Å². The van der Waals surface area contributed by atoms with Gasteiger partial charge in [0.05, 0.1) is 7.11 Å². The van der Waals surface area contributed by atoms with E-state index < -0.39 is 0 Å². The molecule has 0 bridgehead atoms. The van der Waals surface area contributed by atoms with Gasteiger partial charge in [-0.3, -0.25) is 4.90 Å². The molecular weight excluding hydrogens is 358 g/mol. The van der Waals surface area contributed by atoms with E-state index >= 15 is 0 Å². The summed E-state index contributed by atoms with van der Waals surface area (Å²) in [6.45, 7) is 3.48. The van der Waals surface area contributed by atoms with E-state index in [4.69, 9.17) is 9.47 Å². The first-order valence-corrected chi connectivity index (χ1v) is 10.1. The van der Waals surface area contributed by atoms with E-state index in [0.29, 0.717) is 6.61 Å². The van der Waals surface area contributed by atoms with Gasteiger partial charge in [0.2, 0.25) is 0 Å². The Bertz CT molecular complexity index is 951. The standard InChI is InChI=1S/C26H27NO2/c1-28-26-18-22(12-13-25(26)29-20-21-8-4-2-5-9-21)19-27-16-14-24(15-17-27)23-10-6-3-7-11-23/h2-14,18H,15-17,19-20H2,1H3. The van der Waals surface area contributed by atoms with Crippen LogP contribution < -0.4 is 9.47 Å². The molecule has 0 unspecified atom stereocenters. The van der Waals surface area contributed by atoms with Gasteiger partial charge >= 0.3 is 0 Å². The fraction of sp³-hybridized carbons (Fsp3) is 0.231. The van der Waals surface area contributed by atoms with Gasteiger partial charge in [0.25, 0.3) is 0 Å². The average Bonchev–Trinajstić information content (AvgIpc) is 2.80. The van der Waals surface area contributed by atoms with Crippen molar-refractivity contribution >= 4 is 5.57 Å². The lowest BCUT2D eigenvalue weighted by Crippen LogP contribution is -2.28. The van der Waals surface area contributed by atoms with Gasteiger partial charge in [-0.25, -0.2) is 0 Å². The van der Waals surface area contributed by atoms with Crippen LogP contribution in [0.1, 0.15) is 23.1 Å². The summed E-state index contributed by atoms with van der Waals surface area (Å²) in [6.07, 6.45) is 3.44. The van der Waals surface area contributed by atoms with Crippen LogP contribution in [-0.4, -0.2) is 25.1 Å². The molecule has 0 N–H and O–H groups in total. The molecule has 4 rings (SSSR count). The molecule has 0 saturated heterocycles. The van der Waals surface area contributed by atoms with Gasteiger partial charge in [-0.15, -0.1) is 0 Å². The molecule has 0 amide bonds. The highest BCUT2D eigenvalue weighted by molar-refractivity contribution is 5.66. The van der Waals surface area contributed by atoms with Crippen LogP contribution in [0.4, 0.5) is 0 Å². The normalized spacial score (nSPS) is 14.3. The van der Waals surface area contributed by atoms with Crippen molar-refractivity contribution in [1.82, 2.24) is 4.90 Å². The van der Waals surface area contributed by atoms with Crippen LogP contribution in [-0.2, 0) is 13.2 Å². The van der Waals surface area contributed by atoms with E-state index in [1.807, 2.05) is 24.3 Å².